The van der Waals surface area contributed by atoms with Gasteiger partial charge in [-0.1, -0.05) is 30.3 Å². The van der Waals surface area contributed by atoms with Crippen LogP contribution in [0.5, 0.6) is 0 Å². The molecule has 0 atom stereocenters. The van der Waals surface area contributed by atoms with E-state index in [0.717, 1.165) is 41.3 Å². The number of benzene rings is 1. The van der Waals surface area contributed by atoms with Gasteiger partial charge < -0.3 is 14.2 Å². The zero-order chi connectivity index (χ0) is 19.5. The van der Waals surface area contributed by atoms with Crippen LogP contribution in [0.3, 0.4) is 0 Å². The third-order valence-corrected chi connectivity index (χ3v) is 5.11. The van der Waals surface area contributed by atoms with Crippen LogP contribution < -0.4 is 0 Å². The molecular weight excluding hydrogens is 354 g/mol. The first-order valence-corrected chi connectivity index (χ1v) is 9.64. The average Bonchev–Trinajstić information content (AvgIpc) is 3.37. The summed E-state index contributed by atoms with van der Waals surface area (Å²) in [4.78, 5) is 18.2. The highest BCUT2D eigenvalue weighted by Gasteiger charge is 2.22. The second-order valence-corrected chi connectivity index (χ2v) is 7.10. The maximum absolute atomic E-state index is 11.7. The lowest BCUT2D eigenvalue weighted by Crippen LogP contribution is -2.28. The van der Waals surface area contributed by atoms with Crippen molar-refractivity contribution in [3.63, 3.8) is 0 Å². The third kappa shape index (κ3) is 3.78. The quantitative estimate of drug-likeness (QED) is 0.633. The Morgan fingerprint density at radius 3 is 2.61 bits per heavy atom. The molecule has 0 spiro atoms. The molecule has 146 valence electrons. The van der Waals surface area contributed by atoms with Gasteiger partial charge in [-0.25, -0.2) is 9.78 Å². The molecule has 1 aliphatic rings. The number of amides is 1. The Hall–Kier alpha value is -3.09. The van der Waals surface area contributed by atoms with Gasteiger partial charge >= 0.3 is 6.09 Å². The fourth-order valence-corrected chi connectivity index (χ4v) is 3.67. The van der Waals surface area contributed by atoms with E-state index < -0.39 is 0 Å². The summed E-state index contributed by atoms with van der Waals surface area (Å²) in [5.41, 5.74) is 5.44. The van der Waals surface area contributed by atoms with Gasteiger partial charge in [0.25, 0.3) is 0 Å². The Kier molecular flexibility index (Phi) is 5.14. The van der Waals surface area contributed by atoms with E-state index in [9.17, 15) is 4.79 Å². The van der Waals surface area contributed by atoms with Gasteiger partial charge in [-0.05, 0) is 19.9 Å². The Morgan fingerprint density at radius 1 is 1.11 bits per heavy atom. The number of aromatic nitrogens is 4. The van der Waals surface area contributed by atoms with E-state index in [-0.39, 0.29) is 6.09 Å². The molecule has 7 heteroatoms. The van der Waals surface area contributed by atoms with Crippen LogP contribution in [0.25, 0.3) is 11.3 Å². The molecule has 0 N–H and O–H groups in total. The molecule has 4 rings (SSSR count). The lowest BCUT2D eigenvalue weighted by Gasteiger charge is -2.15. The first kappa shape index (κ1) is 18.3. The highest BCUT2D eigenvalue weighted by molar-refractivity contribution is 5.69. The molecular formula is C21H25N5O2. The molecule has 0 radical (unpaired) electrons. The van der Waals surface area contributed by atoms with E-state index in [1.54, 1.807) is 4.90 Å². The van der Waals surface area contributed by atoms with E-state index in [4.69, 9.17) is 4.74 Å². The van der Waals surface area contributed by atoms with Gasteiger partial charge in [0.15, 0.2) is 0 Å². The van der Waals surface area contributed by atoms with Crippen molar-refractivity contribution in [1.82, 2.24) is 24.2 Å². The van der Waals surface area contributed by atoms with Crippen LogP contribution in [-0.2, 0) is 24.2 Å². The fraction of sp³-hybridized carbons (Fsp3) is 0.381. The van der Waals surface area contributed by atoms with Crippen LogP contribution in [0, 0.1) is 13.8 Å². The number of aryl methyl sites for hydroxylation is 3. The maximum atomic E-state index is 11.7. The van der Waals surface area contributed by atoms with Crippen LogP contribution in [0.2, 0.25) is 0 Å². The monoisotopic (exact) mass is 379 g/mol. The number of hydrogen-bond donors (Lipinski definition) is 0. The van der Waals surface area contributed by atoms with Crippen molar-refractivity contribution in [2.45, 2.75) is 33.4 Å². The van der Waals surface area contributed by atoms with E-state index >= 15 is 0 Å². The van der Waals surface area contributed by atoms with Gasteiger partial charge in [0, 0.05) is 43.0 Å². The standard InChI is InChI=1S/C21H25N5O2/c1-16-14-17(2)26(23-16)9-8-19-20(18-6-4-3-5-7-18)22-15-25(19)11-10-24-12-13-28-21(24)27/h3-7,14-15H,8-13H2,1-2H3. The minimum Gasteiger partial charge on any atom is -0.448 e. The second kappa shape index (κ2) is 7.88. The number of carbonyl (C=O) groups excluding carboxylic acids is 1. The first-order valence-electron chi connectivity index (χ1n) is 9.64. The minimum absolute atomic E-state index is 0.229. The highest BCUT2D eigenvalue weighted by atomic mass is 16.6. The van der Waals surface area contributed by atoms with Crippen LogP contribution in [-0.4, -0.2) is 50.0 Å². The summed E-state index contributed by atoms with van der Waals surface area (Å²) in [6.07, 6.45) is 2.46. The SMILES string of the molecule is Cc1cc(C)n(CCc2c(-c3ccccc3)ncn2CCN2CCOC2=O)n1. The fourth-order valence-electron chi connectivity index (χ4n) is 3.67. The summed E-state index contributed by atoms with van der Waals surface area (Å²) in [6.45, 7) is 7.32. The van der Waals surface area contributed by atoms with Crippen LogP contribution in [0.1, 0.15) is 17.1 Å². The summed E-state index contributed by atoms with van der Waals surface area (Å²) < 4.78 is 9.22. The average molecular weight is 379 g/mol. The molecule has 7 nitrogen and oxygen atoms in total. The van der Waals surface area contributed by atoms with Gasteiger partial charge in [-0.15, -0.1) is 0 Å². The third-order valence-electron chi connectivity index (χ3n) is 5.11. The minimum atomic E-state index is -0.229. The number of rotatable bonds is 7. The van der Waals surface area contributed by atoms with Crippen molar-refractivity contribution in [3.8, 4) is 11.3 Å². The van der Waals surface area contributed by atoms with Crippen molar-refractivity contribution in [2.75, 3.05) is 19.7 Å². The Labute approximate surface area is 164 Å². The number of nitrogens with zero attached hydrogens (tertiary/aromatic N) is 5. The molecule has 1 amide bonds. The molecule has 28 heavy (non-hydrogen) atoms. The molecule has 3 heterocycles. The molecule has 0 aliphatic carbocycles. The van der Waals surface area contributed by atoms with Crippen LogP contribution in [0.4, 0.5) is 4.79 Å². The molecule has 1 fully saturated rings. The summed E-state index contributed by atoms with van der Waals surface area (Å²) in [5, 5.41) is 4.58. The van der Waals surface area contributed by atoms with Crippen molar-refractivity contribution in [1.29, 1.82) is 0 Å². The topological polar surface area (TPSA) is 65.2 Å². The van der Waals surface area contributed by atoms with Gasteiger partial charge in [0.05, 0.1) is 24.3 Å². The molecule has 1 saturated heterocycles. The molecule has 1 aromatic carbocycles. The molecule has 0 saturated carbocycles. The van der Waals surface area contributed by atoms with Crippen molar-refractivity contribution in [3.05, 3.63) is 59.8 Å². The first-order chi connectivity index (χ1) is 13.6. The Balaban J connectivity index is 1.57. The van der Waals surface area contributed by atoms with Crippen LogP contribution in [0.15, 0.2) is 42.7 Å². The number of hydrogen-bond acceptors (Lipinski definition) is 4. The predicted octanol–water partition coefficient (Wildman–Crippen LogP) is 3.06. The van der Waals surface area contributed by atoms with Gasteiger partial charge in [-0.3, -0.25) is 4.68 Å². The number of imidazole rings is 1. The molecule has 0 unspecified atom stereocenters. The van der Waals surface area contributed by atoms with E-state index in [2.05, 4.69) is 39.8 Å². The van der Waals surface area contributed by atoms with E-state index in [1.165, 1.54) is 0 Å². The zero-order valence-electron chi connectivity index (χ0n) is 16.3. The summed E-state index contributed by atoms with van der Waals surface area (Å²) in [5.74, 6) is 0. The smallest absolute Gasteiger partial charge is 0.410 e. The highest BCUT2D eigenvalue weighted by Crippen LogP contribution is 2.23. The van der Waals surface area contributed by atoms with Gasteiger partial charge in [0.2, 0.25) is 0 Å². The van der Waals surface area contributed by atoms with Crippen molar-refractivity contribution < 1.29 is 9.53 Å². The Morgan fingerprint density at radius 2 is 1.93 bits per heavy atom. The second-order valence-electron chi connectivity index (χ2n) is 7.10. The van der Waals surface area contributed by atoms with Gasteiger partial charge in [0.1, 0.15) is 6.61 Å². The number of carbonyl (C=O) groups is 1. The predicted molar refractivity (Wildman–Crippen MR) is 106 cm³/mol. The molecule has 0 bridgehead atoms. The van der Waals surface area contributed by atoms with Crippen LogP contribution >= 0.6 is 0 Å². The lowest BCUT2D eigenvalue weighted by atomic mass is 10.1. The van der Waals surface area contributed by atoms with Crippen molar-refractivity contribution >= 4 is 6.09 Å². The normalized spacial score (nSPS) is 13.9. The lowest BCUT2D eigenvalue weighted by molar-refractivity contribution is 0.157. The van der Waals surface area contributed by atoms with Gasteiger partial charge in [-0.2, -0.15) is 5.10 Å². The van der Waals surface area contributed by atoms with E-state index in [1.807, 2.05) is 36.1 Å². The molecule has 3 aromatic rings. The number of ether oxygens (including phenoxy) is 1. The zero-order valence-corrected chi connectivity index (χ0v) is 16.3. The van der Waals surface area contributed by atoms with E-state index in [0.29, 0.717) is 26.2 Å². The number of cyclic esters (lactones) is 1. The van der Waals surface area contributed by atoms with Crippen molar-refractivity contribution in [2.24, 2.45) is 0 Å². The Bertz CT molecular complexity index is 961. The summed E-state index contributed by atoms with van der Waals surface area (Å²) >= 11 is 0. The summed E-state index contributed by atoms with van der Waals surface area (Å²) in [7, 11) is 0. The molecule has 2 aromatic heterocycles. The summed E-state index contributed by atoms with van der Waals surface area (Å²) in [6, 6.07) is 12.3. The molecule has 1 aliphatic heterocycles. The maximum Gasteiger partial charge on any atom is 0.410 e. The largest absolute Gasteiger partial charge is 0.448 e.